The van der Waals surface area contributed by atoms with Gasteiger partial charge in [-0.25, -0.2) is 0 Å². The number of carbonyl (C=O) groups excluding carboxylic acids is 2. The molecule has 0 N–H and O–H groups in total. The van der Waals surface area contributed by atoms with Crippen LogP contribution in [0.15, 0.2) is 35.1 Å². The summed E-state index contributed by atoms with van der Waals surface area (Å²) >= 11 is 0. The third kappa shape index (κ3) is 3.54. The fourth-order valence-electron chi connectivity index (χ4n) is 4.29. The predicted molar refractivity (Wildman–Crippen MR) is 112 cm³/mol. The molecule has 5 nitrogen and oxygen atoms in total. The van der Waals surface area contributed by atoms with E-state index < -0.39 is 22.8 Å². The van der Waals surface area contributed by atoms with Gasteiger partial charge >= 0.3 is 11.9 Å². The predicted octanol–water partition coefficient (Wildman–Crippen LogP) is 3.71. The molecule has 2 aromatic carbocycles. The molecular weight excluding hydrogens is 368 g/mol. The number of rotatable bonds is 4. The zero-order chi connectivity index (χ0) is 21.4. The fraction of sp³-hybridized carbons (Fsp3) is 0.458. The van der Waals surface area contributed by atoms with Crippen molar-refractivity contribution >= 4 is 22.7 Å². The van der Waals surface area contributed by atoms with E-state index in [0.29, 0.717) is 10.9 Å². The van der Waals surface area contributed by atoms with Gasteiger partial charge in [-0.05, 0) is 42.2 Å². The highest BCUT2D eigenvalue weighted by Crippen LogP contribution is 2.43. The van der Waals surface area contributed by atoms with E-state index in [-0.39, 0.29) is 31.5 Å². The Morgan fingerprint density at radius 1 is 1.00 bits per heavy atom. The second kappa shape index (κ2) is 7.62. The Labute approximate surface area is 171 Å². The molecule has 0 aromatic heterocycles. The van der Waals surface area contributed by atoms with Gasteiger partial charge < -0.3 is 9.47 Å². The maximum Gasteiger partial charge on any atom is 0.324 e. The van der Waals surface area contributed by atoms with Crippen LogP contribution in [0.3, 0.4) is 0 Å². The number of fused-ring (bicyclic) bond motifs is 2. The molecule has 0 saturated carbocycles. The second-order valence-electron chi connectivity index (χ2n) is 8.57. The Balaban J connectivity index is 2.33. The molecule has 0 atom stereocenters. The maximum absolute atomic E-state index is 13.5. The van der Waals surface area contributed by atoms with Crippen LogP contribution in [0.25, 0.3) is 10.8 Å². The van der Waals surface area contributed by atoms with Crippen LogP contribution in [0, 0.1) is 5.41 Å². The molecule has 5 heteroatoms. The highest BCUT2D eigenvalue weighted by Gasteiger charge is 2.54. The topological polar surface area (TPSA) is 69.7 Å². The monoisotopic (exact) mass is 396 g/mol. The lowest BCUT2D eigenvalue weighted by molar-refractivity contribution is -0.171. The van der Waals surface area contributed by atoms with E-state index in [4.69, 9.17) is 9.47 Å². The molecular formula is C24H28O5. The van der Waals surface area contributed by atoms with Crippen molar-refractivity contribution in [2.75, 3.05) is 13.2 Å². The first kappa shape index (κ1) is 21.0. The smallest absolute Gasteiger partial charge is 0.324 e. The van der Waals surface area contributed by atoms with E-state index in [2.05, 4.69) is 0 Å². The van der Waals surface area contributed by atoms with Gasteiger partial charge in [-0.15, -0.1) is 0 Å². The highest BCUT2D eigenvalue weighted by atomic mass is 16.6. The van der Waals surface area contributed by atoms with E-state index in [0.717, 1.165) is 16.5 Å². The van der Waals surface area contributed by atoms with Gasteiger partial charge in [0.25, 0.3) is 0 Å². The van der Waals surface area contributed by atoms with Crippen LogP contribution < -0.4 is 5.43 Å². The van der Waals surface area contributed by atoms with Crippen molar-refractivity contribution < 1.29 is 19.1 Å². The minimum absolute atomic E-state index is 0.0575. The molecule has 154 valence electrons. The molecule has 0 bridgehead atoms. The normalized spacial score (nSPS) is 15.1. The molecule has 1 aliphatic rings. The molecule has 0 aliphatic heterocycles. The first-order valence-electron chi connectivity index (χ1n) is 10.1. The average Bonchev–Trinajstić information content (AvgIpc) is 2.96. The second-order valence-corrected chi connectivity index (χ2v) is 8.57. The maximum atomic E-state index is 13.5. The van der Waals surface area contributed by atoms with Crippen molar-refractivity contribution in [3.63, 3.8) is 0 Å². The van der Waals surface area contributed by atoms with Crippen LogP contribution in [0.2, 0.25) is 0 Å². The minimum atomic E-state index is -1.45. The van der Waals surface area contributed by atoms with Crippen molar-refractivity contribution in [1.29, 1.82) is 0 Å². The summed E-state index contributed by atoms with van der Waals surface area (Å²) in [6.07, 6.45) is 0.282. The summed E-state index contributed by atoms with van der Waals surface area (Å²) in [5, 5.41) is 1.44. The van der Waals surface area contributed by atoms with Gasteiger partial charge in [-0.2, -0.15) is 0 Å². The summed E-state index contributed by atoms with van der Waals surface area (Å²) < 4.78 is 10.6. The fourth-order valence-corrected chi connectivity index (χ4v) is 4.29. The zero-order valence-electron chi connectivity index (χ0n) is 17.8. The van der Waals surface area contributed by atoms with Gasteiger partial charge in [-0.3, -0.25) is 14.4 Å². The standard InChI is InChI=1S/C24H28O5/c1-6-28-21(26)24(22(27)29-7-2)13-16-12-15-10-8-9-11-17(15)20(25)19(18(16)14-24)23(3,4)5/h8-12H,6-7,13-14H2,1-5H3. The molecule has 0 unspecified atom stereocenters. The molecule has 2 aromatic rings. The van der Waals surface area contributed by atoms with E-state index >= 15 is 0 Å². The van der Waals surface area contributed by atoms with E-state index in [1.54, 1.807) is 13.8 Å². The number of esters is 2. The number of ether oxygens (including phenoxy) is 2. The summed E-state index contributed by atoms with van der Waals surface area (Å²) in [6, 6.07) is 9.37. The lowest BCUT2D eigenvalue weighted by Gasteiger charge is -2.25. The summed E-state index contributed by atoms with van der Waals surface area (Å²) in [4.78, 5) is 39.4. The molecule has 0 saturated heterocycles. The van der Waals surface area contributed by atoms with Gasteiger partial charge in [0.05, 0.1) is 13.2 Å². The Hall–Kier alpha value is -2.69. The highest BCUT2D eigenvalue weighted by molar-refractivity contribution is 6.02. The molecule has 0 amide bonds. The zero-order valence-corrected chi connectivity index (χ0v) is 17.8. The van der Waals surface area contributed by atoms with Crippen LogP contribution in [-0.4, -0.2) is 25.2 Å². The summed E-state index contributed by atoms with van der Waals surface area (Å²) in [7, 11) is 0. The Morgan fingerprint density at radius 3 is 2.14 bits per heavy atom. The summed E-state index contributed by atoms with van der Waals surface area (Å²) in [5.41, 5.74) is 0.273. The minimum Gasteiger partial charge on any atom is -0.465 e. The molecule has 29 heavy (non-hydrogen) atoms. The molecule has 0 spiro atoms. The number of hydrogen-bond acceptors (Lipinski definition) is 5. The van der Waals surface area contributed by atoms with E-state index in [1.165, 1.54) is 0 Å². The van der Waals surface area contributed by atoms with Gasteiger partial charge in [0.1, 0.15) is 0 Å². The first-order chi connectivity index (χ1) is 13.7. The molecule has 0 radical (unpaired) electrons. The van der Waals surface area contributed by atoms with Gasteiger partial charge in [0, 0.05) is 17.4 Å². The molecule has 0 heterocycles. The summed E-state index contributed by atoms with van der Waals surface area (Å²) in [6.45, 7) is 9.71. The number of hydrogen-bond donors (Lipinski definition) is 0. The van der Waals surface area contributed by atoms with Crippen molar-refractivity contribution in [2.45, 2.75) is 52.9 Å². The number of carbonyl (C=O) groups is 2. The largest absolute Gasteiger partial charge is 0.465 e. The van der Waals surface area contributed by atoms with Crippen molar-refractivity contribution in [3.8, 4) is 0 Å². The SMILES string of the molecule is CCOC(=O)C1(C(=O)OCC)Cc2cc3ccccc3c(=O)c(C(C)(C)C)c2C1. The molecule has 3 rings (SSSR count). The van der Waals surface area contributed by atoms with Crippen LogP contribution in [0.5, 0.6) is 0 Å². The lowest BCUT2D eigenvalue weighted by atomic mass is 9.80. The Morgan fingerprint density at radius 2 is 1.59 bits per heavy atom. The van der Waals surface area contributed by atoms with Gasteiger partial charge in [0.2, 0.25) is 0 Å². The van der Waals surface area contributed by atoms with Gasteiger partial charge in [0.15, 0.2) is 10.8 Å². The quantitative estimate of drug-likeness (QED) is 0.582. The van der Waals surface area contributed by atoms with Gasteiger partial charge in [-0.1, -0.05) is 51.1 Å². The lowest BCUT2D eigenvalue weighted by Crippen LogP contribution is -2.43. The van der Waals surface area contributed by atoms with Crippen LogP contribution >= 0.6 is 0 Å². The summed E-state index contributed by atoms with van der Waals surface area (Å²) in [5.74, 6) is -1.18. The third-order valence-electron chi connectivity index (χ3n) is 5.50. The van der Waals surface area contributed by atoms with Crippen molar-refractivity contribution in [2.24, 2.45) is 5.41 Å². The van der Waals surface area contributed by atoms with Crippen molar-refractivity contribution in [1.82, 2.24) is 0 Å². The average molecular weight is 396 g/mol. The van der Waals surface area contributed by atoms with E-state index in [1.807, 2.05) is 51.1 Å². The molecule has 1 aliphatic carbocycles. The number of benzene rings is 1. The Bertz CT molecular complexity index is 1010. The van der Waals surface area contributed by atoms with Crippen molar-refractivity contribution in [3.05, 3.63) is 57.2 Å². The van der Waals surface area contributed by atoms with Crippen LogP contribution in [0.1, 0.15) is 51.3 Å². The Kier molecular flexibility index (Phi) is 5.52. The first-order valence-corrected chi connectivity index (χ1v) is 10.1. The van der Waals surface area contributed by atoms with Crippen LogP contribution in [-0.2, 0) is 37.3 Å². The van der Waals surface area contributed by atoms with E-state index in [9.17, 15) is 14.4 Å². The molecule has 0 fully saturated rings. The third-order valence-corrected chi connectivity index (χ3v) is 5.50. The van der Waals surface area contributed by atoms with Crippen LogP contribution in [0.4, 0.5) is 0 Å².